The zero-order chi connectivity index (χ0) is 21.5. The van der Waals surface area contributed by atoms with Gasteiger partial charge in [-0.3, -0.25) is 4.98 Å². The maximum Gasteiger partial charge on any atom is 0.0722 e. The van der Waals surface area contributed by atoms with Gasteiger partial charge in [-0.25, -0.2) is 0 Å². The summed E-state index contributed by atoms with van der Waals surface area (Å²) in [5, 5.41) is 23.0. The fourth-order valence-corrected chi connectivity index (χ4v) is 3.74. The molecule has 0 radical (unpaired) electrons. The highest BCUT2D eigenvalue weighted by Gasteiger charge is 2.06. The summed E-state index contributed by atoms with van der Waals surface area (Å²) < 4.78 is 0. The van der Waals surface area contributed by atoms with Crippen LogP contribution in [-0.4, -0.2) is 41.5 Å². The lowest BCUT2D eigenvalue weighted by Crippen LogP contribution is -2.29. The number of rotatable bonds is 9. The van der Waals surface area contributed by atoms with E-state index in [9.17, 15) is 10.2 Å². The van der Waals surface area contributed by atoms with Crippen LogP contribution in [0.3, 0.4) is 0 Å². The Balaban J connectivity index is 0.00000193. The van der Waals surface area contributed by atoms with E-state index >= 15 is 0 Å². The van der Waals surface area contributed by atoms with Crippen LogP contribution in [0.15, 0.2) is 85.1 Å². The predicted molar refractivity (Wildman–Crippen MR) is 142 cm³/mol. The van der Waals surface area contributed by atoms with Crippen molar-refractivity contribution in [3.05, 3.63) is 96.2 Å². The zero-order valence-electron chi connectivity index (χ0n) is 18.2. The summed E-state index contributed by atoms with van der Waals surface area (Å²) in [7, 11) is 0. The van der Waals surface area contributed by atoms with Gasteiger partial charge in [-0.1, -0.05) is 42.5 Å². The maximum absolute atomic E-state index is 9.21. The largest absolute Gasteiger partial charge is 0.395 e. The number of hydrogen-bond donors (Lipinski definition) is 3. The van der Waals surface area contributed by atoms with Gasteiger partial charge in [-0.05, 0) is 53.9 Å². The number of fused-ring (bicyclic) bond motifs is 1. The van der Waals surface area contributed by atoms with Gasteiger partial charge in [-0.15, -0.1) is 24.8 Å². The Kier molecular flexibility index (Phi) is 10.4. The van der Waals surface area contributed by atoms with Gasteiger partial charge in [0.25, 0.3) is 0 Å². The first-order valence-corrected chi connectivity index (χ1v) is 10.5. The van der Waals surface area contributed by atoms with Gasteiger partial charge in [-0.2, -0.15) is 0 Å². The normalized spacial score (nSPS) is 10.2. The molecule has 0 bridgehead atoms. The molecule has 1 heterocycles. The molecule has 3 N–H and O–H groups in total. The average molecular weight is 486 g/mol. The molecule has 0 aliphatic heterocycles. The van der Waals surface area contributed by atoms with E-state index in [-0.39, 0.29) is 38.0 Å². The Morgan fingerprint density at radius 1 is 0.727 bits per heavy atom. The first-order chi connectivity index (χ1) is 15.3. The van der Waals surface area contributed by atoms with Gasteiger partial charge in [0.15, 0.2) is 0 Å². The Bertz CT molecular complexity index is 1110. The second-order valence-electron chi connectivity index (χ2n) is 7.48. The number of aromatic nitrogens is 1. The van der Waals surface area contributed by atoms with Crippen LogP contribution in [0, 0.1) is 0 Å². The smallest absolute Gasteiger partial charge is 0.0722 e. The van der Waals surface area contributed by atoms with Gasteiger partial charge in [0.05, 0.1) is 18.7 Å². The number of aliphatic hydroxyl groups excluding tert-OH is 2. The number of para-hydroxylation sites is 1. The Morgan fingerprint density at radius 2 is 1.33 bits per heavy atom. The topological polar surface area (TPSA) is 68.6 Å². The molecule has 0 unspecified atom stereocenters. The Hall–Kier alpha value is -2.83. The Morgan fingerprint density at radius 3 is 1.97 bits per heavy atom. The van der Waals surface area contributed by atoms with Crippen LogP contribution in [0.5, 0.6) is 0 Å². The van der Waals surface area contributed by atoms with E-state index in [0.717, 1.165) is 34.4 Å². The molecule has 0 aliphatic carbocycles. The van der Waals surface area contributed by atoms with Crippen molar-refractivity contribution in [2.45, 2.75) is 6.42 Å². The lowest BCUT2D eigenvalue weighted by atomic mass is 10.0. The van der Waals surface area contributed by atoms with Crippen molar-refractivity contribution in [1.82, 2.24) is 4.98 Å². The van der Waals surface area contributed by atoms with Crippen LogP contribution >= 0.6 is 24.8 Å². The second-order valence-corrected chi connectivity index (χ2v) is 7.48. The van der Waals surface area contributed by atoms with Crippen molar-refractivity contribution >= 4 is 52.8 Å². The van der Waals surface area contributed by atoms with Crippen LogP contribution < -0.4 is 10.2 Å². The van der Waals surface area contributed by atoms with Gasteiger partial charge < -0.3 is 20.4 Å². The van der Waals surface area contributed by atoms with Crippen molar-refractivity contribution in [3.8, 4) is 0 Å². The number of pyridine rings is 1. The van der Waals surface area contributed by atoms with Crippen LogP contribution in [0.25, 0.3) is 10.9 Å². The number of nitrogens with zero attached hydrogens (tertiary/aromatic N) is 2. The third-order valence-corrected chi connectivity index (χ3v) is 5.33. The molecule has 33 heavy (non-hydrogen) atoms. The van der Waals surface area contributed by atoms with Gasteiger partial charge in [0, 0.05) is 41.7 Å². The molecule has 0 amide bonds. The molecule has 4 aromatic rings. The molecule has 7 heteroatoms. The summed E-state index contributed by atoms with van der Waals surface area (Å²) >= 11 is 0. The van der Waals surface area contributed by atoms with Crippen LogP contribution in [-0.2, 0) is 6.42 Å². The van der Waals surface area contributed by atoms with Crippen molar-refractivity contribution in [1.29, 1.82) is 0 Å². The highest BCUT2D eigenvalue weighted by Crippen LogP contribution is 2.25. The number of benzene rings is 3. The molecular formula is C26H29Cl2N3O2. The molecule has 0 spiro atoms. The van der Waals surface area contributed by atoms with E-state index in [0.29, 0.717) is 13.1 Å². The third-order valence-electron chi connectivity index (χ3n) is 5.33. The van der Waals surface area contributed by atoms with E-state index in [1.54, 1.807) is 0 Å². The molecule has 0 atom stereocenters. The van der Waals surface area contributed by atoms with Gasteiger partial charge in [0.2, 0.25) is 0 Å². The first kappa shape index (κ1) is 26.4. The SMILES string of the molecule is Cl.Cl.OCCN(CCO)c1ccc(Cc2ccc(Nc3ccnc4ccccc34)cc2)cc1. The van der Waals surface area contributed by atoms with Gasteiger partial charge >= 0.3 is 0 Å². The molecule has 4 rings (SSSR count). The van der Waals surface area contributed by atoms with Gasteiger partial charge in [0.1, 0.15) is 0 Å². The lowest BCUT2D eigenvalue weighted by molar-refractivity contribution is 0.281. The highest BCUT2D eigenvalue weighted by molar-refractivity contribution is 5.92. The summed E-state index contributed by atoms with van der Waals surface area (Å²) in [5.41, 5.74) is 6.53. The van der Waals surface area contributed by atoms with E-state index in [2.05, 4.69) is 52.8 Å². The summed E-state index contributed by atoms with van der Waals surface area (Å²) in [6.45, 7) is 1.16. The number of nitrogens with one attached hydrogen (secondary N) is 1. The van der Waals surface area contributed by atoms with E-state index in [4.69, 9.17) is 0 Å². The summed E-state index contributed by atoms with van der Waals surface area (Å²) in [4.78, 5) is 6.39. The molecule has 0 saturated carbocycles. The molecule has 5 nitrogen and oxygen atoms in total. The number of anilines is 3. The fourth-order valence-electron chi connectivity index (χ4n) is 3.74. The number of halogens is 2. The van der Waals surface area contributed by atoms with E-state index < -0.39 is 0 Å². The highest BCUT2D eigenvalue weighted by atomic mass is 35.5. The Labute approximate surface area is 206 Å². The summed E-state index contributed by atoms with van der Waals surface area (Å²) in [6, 6.07) is 26.9. The maximum atomic E-state index is 9.21. The number of hydrogen-bond acceptors (Lipinski definition) is 5. The minimum absolute atomic E-state index is 0. The monoisotopic (exact) mass is 485 g/mol. The summed E-state index contributed by atoms with van der Waals surface area (Å²) in [6.07, 6.45) is 2.67. The third kappa shape index (κ3) is 6.83. The molecule has 1 aromatic heterocycles. The lowest BCUT2D eigenvalue weighted by Gasteiger charge is -2.23. The summed E-state index contributed by atoms with van der Waals surface area (Å²) in [5.74, 6) is 0. The molecule has 0 saturated heterocycles. The van der Waals surface area contributed by atoms with Crippen LogP contribution in [0.4, 0.5) is 17.1 Å². The van der Waals surface area contributed by atoms with E-state index in [1.807, 2.05) is 47.5 Å². The molecule has 0 fully saturated rings. The zero-order valence-corrected chi connectivity index (χ0v) is 19.9. The van der Waals surface area contributed by atoms with Crippen LogP contribution in [0.2, 0.25) is 0 Å². The molecule has 0 aliphatic rings. The van der Waals surface area contributed by atoms with Crippen molar-refractivity contribution in [3.63, 3.8) is 0 Å². The van der Waals surface area contributed by atoms with Crippen LogP contribution in [0.1, 0.15) is 11.1 Å². The van der Waals surface area contributed by atoms with Crippen molar-refractivity contribution in [2.24, 2.45) is 0 Å². The second kappa shape index (κ2) is 13.0. The van der Waals surface area contributed by atoms with E-state index in [1.165, 1.54) is 11.1 Å². The minimum Gasteiger partial charge on any atom is -0.395 e. The predicted octanol–water partition coefficient (Wildman–Crippen LogP) is 5.20. The fraction of sp³-hybridized carbons (Fsp3) is 0.192. The standard InChI is InChI=1S/C26H27N3O2.2ClH/c30-17-15-29(16-18-31)23-11-7-21(8-12-23)19-20-5-9-22(10-6-20)28-26-13-14-27-25-4-2-1-3-24(25)26;;/h1-14,30-31H,15-19H2,(H,27,28);2*1H. The van der Waals surface area contributed by atoms with Crippen molar-refractivity contribution < 1.29 is 10.2 Å². The molecular weight excluding hydrogens is 457 g/mol. The molecule has 174 valence electrons. The average Bonchev–Trinajstić information content (AvgIpc) is 2.81. The quantitative estimate of drug-likeness (QED) is 0.303. The minimum atomic E-state index is 0. The first-order valence-electron chi connectivity index (χ1n) is 10.5. The molecule has 3 aromatic carbocycles. The van der Waals surface area contributed by atoms with Crippen molar-refractivity contribution in [2.75, 3.05) is 36.5 Å². The number of aliphatic hydroxyl groups is 2.